The van der Waals surface area contributed by atoms with Crippen LogP contribution in [0.1, 0.15) is 28.3 Å². The minimum absolute atomic E-state index is 0.0468. The van der Waals surface area contributed by atoms with Crippen LogP contribution in [-0.2, 0) is 6.42 Å². The normalized spacial score (nSPS) is 21.7. The van der Waals surface area contributed by atoms with Crippen LogP contribution in [0.15, 0.2) is 10.5 Å². The molecule has 0 bridgehead atoms. The van der Waals surface area contributed by atoms with E-state index in [0.29, 0.717) is 18.4 Å². The van der Waals surface area contributed by atoms with Gasteiger partial charge in [0.25, 0.3) is 0 Å². The number of aliphatic hydroxyl groups is 1. The van der Waals surface area contributed by atoms with Gasteiger partial charge in [-0.3, -0.25) is 4.79 Å². The van der Waals surface area contributed by atoms with E-state index >= 15 is 0 Å². The monoisotopic (exact) mass is 180 g/mol. The minimum atomic E-state index is 0.0468. The van der Waals surface area contributed by atoms with Gasteiger partial charge in [0.05, 0.1) is 5.56 Å². The zero-order chi connectivity index (χ0) is 9.42. The van der Waals surface area contributed by atoms with E-state index in [9.17, 15) is 4.79 Å². The summed E-state index contributed by atoms with van der Waals surface area (Å²) in [6.07, 6.45) is 1.13. The van der Waals surface area contributed by atoms with Crippen LogP contribution in [-0.4, -0.2) is 17.5 Å². The number of hydrogen-bond donors (Lipinski definition) is 1. The van der Waals surface area contributed by atoms with Crippen molar-refractivity contribution in [2.24, 2.45) is 5.92 Å². The van der Waals surface area contributed by atoms with Crippen molar-refractivity contribution in [3.05, 3.63) is 23.2 Å². The van der Waals surface area contributed by atoms with E-state index < -0.39 is 0 Å². The van der Waals surface area contributed by atoms with Crippen molar-refractivity contribution in [1.29, 1.82) is 0 Å². The summed E-state index contributed by atoms with van der Waals surface area (Å²) in [6.45, 7) is 1.89. The molecule has 70 valence electrons. The first-order chi connectivity index (χ1) is 6.20. The van der Waals surface area contributed by atoms with E-state index in [-0.39, 0.29) is 18.3 Å². The summed E-state index contributed by atoms with van der Waals surface area (Å²) in [5.74, 6) is 1.66. The third-order valence-electron chi connectivity index (χ3n) is 2.44. The smallest absolute Gasteiger partial charge is 0.166 e. The van der Waals surface area contributed by atoms with E-state index in [1.807, 2.05) is 6.92 Å². The Hall–Kier alpha value is -1.09. The first-order valence-electron chi connectivity index (χ1n) is 4.44. The zero-order valence-electron chi connectivity index (χ0n) is 7.54. The SMILES string of the molecule is Cc1cc2c(o1)CC(CO)CC2=O. The van der Waals surface area contributed by atoms with Crippen LogP contribution < -0.4 is 0 Å². The molecule has 1 N–H and O–H groups in total. The molecule has 13 heavy (non-hydrogen) atoms. The van der Waals surface area contributed by atoms with Crippen molar-refractivity contribution in [2.45, 2.75) is 19.8 Å². The fourth-order valence-electron chi connectivity index (χ4n) is 1.79. The number of Topliss-reactive ketones (excluding diaryl/α,β-unsaturated/α-hetero) is 1. The molecule has 1 aromatic rings. The Morgan fingerprint density at radius 1 is 1.62 bits per heavy atom. The fraction of sp³-hybridized carbons (Fsp3) is 0.500. The van der Waals surface area contributed by atoms with Gasteiger partial charge >= 0.3 is 0 Å². The third-order valence-corrected chi connectivity index (χ3v) is 2.44. The maximum absolute atomic E-state index is 11.5. The van der Waals surface area contributed by atoms with E-state index in [1.54, 1.807) is 6.07 Å². The van der Waals surface area contributed by atoms with Crippen molar-refractivity contribution < 1.29 is 14.3 Å². The highest BCUT2D eigenvalue weighted by atomic mass is 16.3. The number of carbonyl (C=O) groups is 1. The van der Waals surface area contributed by atoms with Gasteiger partial charge in [-0.15, -0.1) is 0 Å². The second-order valence-corrected chi connectivity index (χ2v) is 3.57. The molecule has 0 fully saturated rings. The summed E-state index contributed by atoms with van der Waals surface area (Å²) >= 11 is 0. The number of ketones is 1. The molecule has 1 aromatic heterocycles. The van der Waals surface area contributed by atoms with E-state index in [0.717, 1.165) is 11.5 Å². The van der Waals surface area contributed by atoms with Crippen LogP contribution in [0.2, 0.25) is 0 Å². The topological polar surface area (TPSA) is 50.4 Å². The first-order valence-corrected chi connectivity index (χ1v) is 4.44. The van der Waals surface area contributed by atoms with Crippen molar-refractivity contribution in [3.8, 4) is 0 Å². The zero-order valence-corrected chi connectivity index (χ0v) is 7.54. The summed E-state index contributed by atoms with van der Waals surface area (Å²) in [7, 11) is 0. The Kier molecular flexibility index (Phi) is 1.96. The van der Waals surface area contributed by atoms with E-state index in [1.165, 1.54) is 0 Å². The van der Waals surface area contributed by atoms with Gasteiger partial charge in [-0.1, -0.05) is 0 Å². The molecule has 1 unspecified atom stereocenters. The second-order valence-electron chi connectivity index (χ2n) is 3.57. The van der Waals surface area contributed by atoms with Crippen LogP contribution in [0.4, 0.5) is 0 Å². The highest BCUT2D eigenvalue weighted by molar-refractivity contribution is 5.98. The molecule has 0 spiro atoms. The van der Waals surface area contributed by atoms with Gasteiger partial charge in [-0.25, -0.2) is 0 Å². The number of aryl methyl sites for hydroxylation is 1. The molecule has 0 aromatic carbocycles. The number of fused-ring (bicyclic) bond motifs is 1. The molecule has 0 radical (unpaired) electrons. The molecule has 1 heterocycles. The number of aliphatic hydroxyl groups excluding tert-OH is 1. The summed E-state index contributed by atoms with van der Waals surface area (Å²) in [4.78, 5) is 11.5. The average Bonchev–Trinajstić information content (AvgIpc) is 2.46. The van der Waals surface area contributed by atoms with Crippen LogP contribution >= 0.6 is 0 Å². The molecule has 1 atom stereocenters. The lowest BCUT2D eigenvalue weighted by molar-refractivity contribution is 0.0911. The number of rotatable bonds is 1. The largest absolute Gasteiger partial charge is 0.466 e. The summed E-state index contributed by atoms with van der Waals surface area (Å²) < 4.78 is 5.38. The van der Waals surface area contributed by atoms with E-state index in [2.05, 4.69) is 0 Å². The molecule has 2 rings (SSSR count). The molecule has 0 saturated carbocycles. The van der Waals surface area contributed by atoms with Crippen LogP contribution in [0.3, 0.4) is 0 Å². The van der Waals surface area contributed by atoms with Gasteiger partial charge in [-0.05, 0) is 18.9 Å². The van der Waals surface area contributed by atoms with Gasteiger partial charge in [0, 0.05) is 19.4 Å². The van der Waals surface area contributed by atoms with Gasteiger partial charge < -0.3 is 9.52 Å². The minimum Gasteiger partial charge on any atom is -0.466 e. The van der Waals surface area contributed by atoms with Crippen LogP contribution in [0.5, 0.6) is 0 Å². The Morgan fingerprint density at radius 2 is 2.38 bits per heavy atom. The Bertz CT molecular complexity index is 338. The van der Waals surface area contributed by atoms with Crippen molar-refractivity contribution in [2.75, 3.05) is 6.61 Å². The van der Waals surface area contributed by atoms with Gasteiger partial charge in [0.2, 0.25) is 0 Å². The average molecular weight is 180 g/mol. The van der Waals surface area contributed by atoms with Crippen LogP contribution in [0, 0.1) is 12.8 Å². The highest BCUT2D eigenvalue weighted by Crippen LogP contribution is 2.27. The molecule has 1 aliphatic carbocycles. The predicted molar refractivity (Wildman–Crippen MR) is 46.7 cm³/mol. The predicted octanol–water partition coefficient (Wildman–Crippen LogP) is 1.33. The van der Waals surface area contributed by atoms with Gasteiger partial charge in [0.15, 0.2) is 5.78 Å². The highest BCUT2D eigenvalue weighted by Gasteiger charge is 2.27. The lowest BCUT2D eigenvalue weighted by Gasteiger charge is -2.17. The van der Waals surface area contributed by atoms with Crippen molar-refractivity contribution in [3.63, 3.8) is 0 Å². The Morgan fingerprint density at radius 3 is 3.08 bits per heavy atom. The van der Waals surface area contributed by atoms with Crippen molar-refractivity contribution in [1.82, 2.24) is 0 Å². The number of hydrogen-bond acceptors (Lipinski definition) is 3. The Labute approximate surface area is 76.4 Å². The summed E-state index contributed by atoms with van der Waals surface area (Å²) in [5, 5.41) is 8.95. The standard InChI is InChI=1S/C10H12O3/c1-6-2-8-9(12)3-7(5-11)4-10(8)13-6/h2,7,11H,3-5H2,1H3. The molecule has 3 nitrogen and oxygen atoms in total. The quantitative estimate of drug-likeness (QED) is 0.709. The molecule has 1 aliphatic rings. The number of carbonyl (C=O) groups excluding carboxylic acids is 1. The lowest BCUT2D eigenvalue weighted by atomic mass is 9.88. The maximum atomic E-state index is 11.5. The second kappa shape index (κ2) is 3.00. The summed E-state index contributed by atoms with van der Waals surface area (Å²) in [6, 6.07) is 1.78. The first kappa shape index (κ1) is 8.51. The van der Waals surface area contributed by atoms with Crippen molar-refractivity contribution >= 4 is 5.78 Å². The fourth-order valence-corrected chi connectivity index (χ4v) is 1.79. The lowest BCUT2D eigenvalue weighted by Crippen LogP contribution is -2.21. The maximum Gasteiger partial charge on any atom is 0.166 e. The molecule has 0 aliphatic heterocycles. The third kappa shape index (κ3) is 1.40. The van der Waals surface area contributed by atoms with E-state index in [4.69, 9.17) is 9.52 Å². The molecule has 3 heteroatoms. The molecule has 0 amide bonds. The van der Waals surface area contributed by atoms with Crippen LogP contribution in [0.25, 0.3) is 0 Å². The van der Waals surface area contributed by atoms with Gasteiger partial charge in [-0.2, -0.15) is 0 Å². The number of furan rings is 1. The Balaban J connectivity index is 2.36. The van der Waals surface area contributed by atoms with Gasteiger partial charge in [0.1, 0.15) is 11.5 Å². The molecular formula is C10H12O3. The molecule has 0 saturated heterocycles. The molecular weight excluding hydrogens is 168 g/mol. The summed E-state index contributed by atoms with van der Waals surface area (Å²) in [5.41, 5.74) is 0.710.